The van der Waals surface area contributed by atoms with Gasteiger partial charge in [0.1, 0.15) is 17.4 Å². The van der Waals surface area contributed by atoms with E-state index < -0.39 is 0 Å². The molecule has 1 aliphatic heterocycles. The number of aryl methyl sites for hydroxylation is 2. The van der Waals surface area contributed by atoms with E-state index in [2.05, 4.69) is 49.9 Å². The SMILES string of the molecule is CCC(C)c1nc(N2CCN(C(=O)c3cccc(OC)c3)CC2)c2c(C)nn(-c3ccc(C)cc3)c2n1. The normalized spacial score (nSPS) is 14.7. The van der Waals surface area contributed by atoms with Gasteiger partial charge in [-0.05, 0) is 50.6 Å². The van der Waals surface area contributed by atoms with Crippen molar-refractivity contribution < 1.29 is 9.53 Å². The van der Waals surface area contributed by atoms with Crippen molar-refractivity contribution in [3.63, 3.8) is 0 Å². The number of methoxy groups -OCH3 is 1. The lowest BCUT2D eigenvalue weighted by molar-refractivity contribution is 0.0746. The molecule has 1 aliphatic rings. The Morgan fingerprint density at radius 2 is 1.76 bits per heavy atom. The third-order valence-electron chi connectivity index (χ3n) is 7.22. The lowest BCUT2D eigenvalue weighted by atomic mass is 10.1. The number of piperazine rings is 1. The summed E-state index contributed by atoms with van der Waals surface area (Å²) < 4.78 is 7.23. The third-order valence-corrected chi connectivity index (χ3v) is 7.22. The van der Waals surface area contributed by atoms with Gasteiger partial charge in [0, 0.05) is 37.7 Å². The van der Waals surface area contributed by atoms with E-state index in [-0.39, 0.29) is 11.8 Å². The van der Waals surface area contributed by atoms with Crippen molar-refractivity contribution in [3.8, 4) is 11.4 Å². The lowest BCUT2D eigenvalue weighted by Crippen LogP contribution is -2.49. The third kappa shape index (κ3) is 4.75. The van der Waals surface area contributed by atoms with Gasteiger partial charge in [0.2, 0.25) is 0 Å². The number of hydrogen-bond acceptors (Lipinski definition) is 6. The quantitative estimate of drug-likeness (QED) is 0.376. The summed E-state index contributed by atoms with van der Waals surface area (Å²) in [6.07, 6.45) is 0.950. The fraction of sp³-hybridized carbons (Fsp3) is 0.379. The Morgan fingerprint density at radius 1 is 1.03 bits per heavy atom. The summed E-state index contributed by atoms with van der Waals surface area (Å²) in [6, 6.07) is 15.7. The number of hydrogen-bond donors (Lipinski definition) is 0. The van der Waals surface area contributed by atoms with Crippen molar-refractivity contribution in [2.75, 3.05) is 38.2 Å². The largest absolute Gasteiger partial charge is 0.497 e. The number of rotatable bonds is 6. The summed E-state index contributed by atoms with van der Waals surface area (Å²) in [7, 11) is 1.61. The van der Waals surface area contributed by atoms with E-state index in [1.807, 2.05) is 34.7 Å². The van der Waals surface area contributed by atoms with Gasteiger partial charge < -0.3 is 14.5 Å². The van der Waals surface area contributed by atoms with Crippen molar-refractivity contribution in [1.82, 2.24) is 24.6 Å². The summed E-state index contributed by atoms with van der Waals surface area (Å²) in [4.78, 5) is 27.4. The first-order valence-electron chi connectivity index (χ1n) is 12.9. The molecule has 0 aliphatic carbocycles. The first kappa shape index (κ1) is 24.7. The summed E-state index contributed by atoms with van der Waals surface area (Å²) in [5.41, 5.74) is 4.56. The lowest BCUT2D eigenvalue weighted by Gasteiger charge is -2.36. The standard InChI is InChI=1S/C29H34N6O2/c1-6-20(3)26-30-27(25-21(4)32-35(28(25)31-26)23-12-10-19(2)11-13-23)33-14-16-34(17-15-33)29(36)22-8-7-9-24(18-22)37-5/h7-13,18,20H,6,14-17H2,1-5H3. The number of benzene rings is 2. The second kappa shape index (κ2) is 10.2. The highest BCUT2D eigenvalue weighted by Crippen LogP contribution is 2.32. The molecule has 8 nitrogen and oxygen atoms in total. The number of carbonyl (C=O) groups excluding carboxylic acids is 1. The summed E-state index contributed by atoms with van der Waals surface area (Å²) in [5, 5.41) is 5.85. The van der Waals surface area contributed by atoms with Crippen molar-refractivity contribution in [3.05, 3.63) is 71.2 Å². The van der Waals surface area contributed by atoms with E-state index in [4.69, 9.17) is 19.8 Å². The van der Waals surface area contributed by atoms with Crippen LogP contribution in [0.25, 0.3) is 16.7 Å². The van der Waals surface area contributed by atoms with Crippen molar-refractivity contribution in [1.29, 1.82) is 0 Å². The van der Waals surface area contributed by atoms with E-state index in [0.29, 0.717) is 37.5 Å². The highest BCUT2D eigenvalue weighted by atomic mass is 16.5. The van der Waals surface area contributed by atoms with Gasteiger partial charge in [-0.15, -0.1) is 0 Å². The van der Waals surface area contributed by atoms with Crippen LogP contribution >= 0.6 is 0 Å². The number of fused-ring (bicyclic) bond motifs is 1. The molecule has 8 heteroatoms. The molecule has 2 aromatic carbocycles. The van der Waals surface area contributed by atoms with Gasteiger partial charge in [-0.25, -0.2) is 14.6 Å². The minimum absolute atomic E-state index is 0.0232. The Morgan fingerprint density at radius 3 is 2.43 bits per heavy atom. The second-order valence-electron chi connectivity index (χ2n) is 9.76. The van der Waals surface area contributed by atoms with Gasteiger partial charge in [-0.1, -0.05) is 37.6 Å². The minimum Gasteiger partial charge on any atom is -0.497 e. The smallest absolute Gasteiger partial charge is 0.254 e. The number of anilines is 1. The van der Waals surface area contributed by atoms with Crippen LogP contribution in [-0.2, 0) is 0 Å². The molecule has 2 aromatic heterocycles. The van der Waals surface area contributed by atoms with Gasteiger partial charge in [0.25, 0.3) is 5.91 Å². The van der Waals surface area contributed by atoms with E-state index in [9.17, 15) is 4.79 Å². The van der Waals surface area contributed by atoms with Crippen molar-refractivity contribution in [2.24, 2.45) is 0 Å². The minimum atomic E-state index is 0.0232. The molecule has 192 valence electrons. The van der Waals surface area contributed by atoms with Gasteiger partial charge in [-0.3, -0.25) is 4.79 Å². The van der Waals surface area contributed by atoms with Crippen LogP contribution in [-0.4, -0.2) is 63.8 Å². The summed E-state index contributed by atoms with van der Waals surface area (Å²) in [6.45, 7) is 11.0. The Hall–Kier alpha value is -3.94. The van der Waals surface area contributed by atoms with E-state index in [1.54, 1.807) is 13.2 Å². The molecular formula is C29H34N6O2. The predicted octanol–water partition coefficient (Wildman–Crippen LogP) is 4.92. The number of amides is 1. The molecule has 0 spiro atoms. The predicted molar refractivity (Wildman–Crippen MR) is 146 cm³/mol. The molecule has 3 heterocycles. The molecule has 0 saturated carbocycles. The van der Waals surface area contributed by atoms with Crippen LogP contribution in [0.2, 0.25) is 0 Å². The average molecular weight is 499 g/mol. The fourth-order valence-electron chi connectivity index (χ4n) is 4.74. The molecule has 0 N–H and O–H groups in total. The second-order valence-corrected chi connectivity index (χ2v) is 9.76. The molecule has 1 unspecified atom stereocenters. The van der Waals surface area contributed by atoms with Gasteiger partial charge in [0.15, 0.2) is 5.65 Å². The highest BCUT2D eigenvalue weighted by molar-refractivity contribution is 5.95. The number of aromatic nitrogens is 4. The Labute approximate surface area is 217 Å². The van der Waals surface area contributed by atoms with Crippen LogP contribution in [0.15, 0.2) is 48.5 Å². The zero-order chi connectivity index (χ0) is 26.1. The average Bonchev–Trinajstić information content (AvgIpc) is 3.28. The van der Waals surface area contributed by atoms with Gasteiger partial charge >= 0.3 is 0 Å². The summed E-state index contributed by atoms with van der Waals surface area (Å²) in [5.74, 6) is 2.67. The van der Waals surface area contributed by atoms with Crippen LogP contribution < -0.4 is 9.64 Å². The first-order valence-corrected chi connectivity index (χ1v) is 12.9. The van der Waals surface area contributed by atoms with Crippen LogP contribution in [0, 0.1) is 13.8 Å². The number of ether oxygens (including phenoxy) is 1. The molecule has 1 fully saturated rings. The Kier molecular flexibility index (Phi) is 6.82. The van der Waals surface area contributed by atoms with Gasteiger partial charge in [0.05, 0.1) is 23.9 Å². The van der Waals surface area contributed by atoms with Crippen LogP contribution in [0.4, 0.5) is 5.82 Å². The molecule has 1 amide bonds. The molecular weight excluding hydrogens is 464 g/mol. The molecule has 1 saturated heterocycles. The topological polar surface area (TPSA) is 76.4 Å². The van der Waals surface area contributed by atoms with Crippen LogP contribution in [0.3, 0.4) is 0 Å². The maximum absolute atomic E-state index is 13.2. The first-order chi connectivity index (χ1) is 17.9. The van der Waals surface area contributed by atoms with Crippen molar-refractivity contribution >= 4 is 22.8 Å². The summed E-state index contributed by atoms with van der Waals surface area (Å²) >= 11 is 0. The highest BCUT2D eigenvalue weighted by Gasteiger charge is 2.27. The molecule has 0 bridgehead atoms. The van der Waals surface area contributed by atoms with Crippen LogP contribution in [0.5, 0.6) is 5.75 Å². The molecule has 5 rings (SSSR count). The Bertz CT molecular complexity index is 1420. The molecule has 1 atom stereocenters. The monoisotopic (exact) mass is 498 g/mol. The fourth-order valence-corrected chi connectivity index (χ4v) is 4.74. The van der Waals surface area contributed by atoms with E-state index in [0.717, 1.165) is 40.5 Å². The molecule has 0 radical (unpaired) electrons. The molecule has 37 heavy (non-hydrogen) atoms. The number of carbonyl (C=O) groups is 1. The zero-order valence-electron chi connectivity index (χ0n) is 22.2. The van der Waals surface area contributed by atoms with Crippen LogP contribution in [0.1, 0.15) is 53.6 Å². The maximum atomic E-state index is 13.2. The number of nitrogens with zero attached hydrogens (tertiary/aromatic N) is 6. The van der Waals surface area contributed by atoms with E-state index in [1.165, 1.54) is 5.56 Å². The zero-order valence-corrected chi connectivity index (χ0v) is 22.2. The van der Waals surface area contributed by atoms with E-state index >= 15 is 0 Å². The maximum Gasteiger partial charge on any atom is 0.254 e. The Balaban J connectivity index is 1.48. The molecule has 4 aromatic rings. The van der Waals surface area contributed by atoms with Crippen molar-refractivity contribution in [2.45, 2.75) is 40.0 Å². The van der Waals surface area contributed by atoms with Gasteiger partial charge in [-0.2, -0.15) is 5.10 Å².